The normalized spacial score (nSPS) is 12.7. The molecule has 0 radical (unpaired) electrons. The predicted molar refractivity (Wildman–Crippen MR) is 113 cm³/mol. The first kappa shape index (κ1) is 21.7. The minimum Gasteiger partial charge on any atom is -0.451 e. The Bertz CT molecular complexity index is 1090. The van der Waals surface area contributed by atoms with E-state index < -0.39 is 28.1 Å². The summed E-state index contributed by atoms with van der Waals surface area (Å²) >= 11 is 0. The third-order valence-corrected chi connectivity index (χ3v) is 6.63. The summed E-state index contributed by atoms with van der Waals surface area (Å²) in [6.07, 6.45) is -0.645. The van der Waals surface area contributed by atoms with Crippen LogP contribution in [0.5, 0.6) is 0 Å². The largest absolute Gasteiger partial charge is 0.451 e. The SMILES string of the molecule is Cc1nn(C)c(C)c1S(=O)(=O)N[C@@H](C)C(=O)OC(c1ccccc1)c1ccccc1. The van der Waals surface area contributed by atoms with Crippen molar-refractivity contribution in [2.75, 3.05) is 0 Å². The van der Waals surface area contributed by atoms with Crippen LogP contribution in [0.4, 0.5) is 0 Å². The van der Waals surface area contributed by atoms with Crippen LogP contribution < -0.4 is 4.72 Å². The van der Waals surface area contributed by atoms with Crippen molar-refractivity contribution in [2.45, 2.75) is 37.8 Å². The molecule has 0 bridgehead atoms. The summed E-state index contributed by atoms with van der Waals surface area (Å²) in [4.78, 5) is 12.9. The van der Waals surface area contributed by atoms with Crippen molar-refractivity contribution in [1.29, 1.82) is 0 Å². The van der Waals surface area contributed by atoms with Gasteiger partial charge in [0.2, 0.25) is 10.0 Å². The minimum atomic E-state index is -3.94. The van der Waals surface area contributed by atoms with Crippen LogP contribution in [0, 0.1) is 13.8 Å². The Hall–Kier alpha value is -2.97. The lowest BCUT2D eigenvalue weighted by atomic mass is 10.0. The molecule has 3 rings (SSSR count). The van der Waals surface area contributed by atoms with Crippen LogP contribution in [0.1, 0.15) is 35.5 Å². The van der Waals surface area contributed by atoms with Gasteiger partial charge in [0, 0.05) is 7.05 Å². The zero-order chi connectivity index (χ0) is 21.9. The third kappa shape index (κ3) is 4.60. The second-order valence-electron chi connectivity index (χ2n) is 7.10. The molecule has 1 aromatic heterocycles. The van der Waals surface area contributed by atoms with Gasteiger partial charge in [-0.3, -0.25) is 9.48 Å². The number of nitrogens with one attached hydrogen (secondary N) is 1. The molecule has 1 atom stereocenters. The van der Waals surface area contributed by atoms with E-state index in [1.807, 2.05) is 60.7 Å². The second-order valence-corrected chi connectivity index (χ2v) is 8.76. The Morgan fingerprint density at radius 2 is 1.50 bits per heavy atom. The summed E-state index contributed by atoms with van der Waals surface area (Å²) in [5.74, 6) is -0.671. The van der Waals surface area contributed by atoms with E-state index in [0.717, 1.165) is 11.1 Å². The number of benzene rings is 2. The Kier molecular flexibility index (Phi) is 6.38. The fourth-order valence-electron chi connectivity index (χ4n) is 3.29. The first-order valence-electron chi connectivity index (χ1n) is 9.53. The van der Waals surface area contributed by atoms with Crippen LogP contribution in [-0.4, -0.2) is 30.2 Å². The highest BCUT2D eigenvalue weighted by Gasteiger charge is 2.30. The highest BCUT2D eigenvalue weighted by molar-refractivity contribution is 7.89. The van der Waals surface area contributed by atoms with E-state index in [-0.39, 0.29) is 4.90 Å². The number of hydrogen-bond donors (Lipinski definition) is 1. The van der Waals surface area contributed by atoms with E-state index in [0.29, 0.717) is 11.4 Å². The Morgan fingerprint density at radius 3 is 1.93 bits per heavy atom. The Morgan fingerprint density at radius 1 is 1.00 bits per heavy atom. The molecule has 0 fully saturated rings. The van der Waals surface area contributed by atoms with E-state index in [9.17, 15) is 13.2 Å². The fraction of sp³-hybridized carbons (Fsp3) is 0.273. The summed E-state index contributed by atoms with van der Waals surface area (Å²) in [5, 5.41) is 4.14. The van der Waals surface area contributed by atoms with Gasteiger partial charge in [0.1, 0.15) is 10.9 Å². The predicted octanol–water partition coefficient (Wildman–Crippen LogP) is 3.04. The van der Waals surface area contributed by atoms with Gasteiger partial charge in [0.25, 0.3) is 0 Å². The van der Waals surface area contributed by atoms with Gasteiger partial charge in [0.15, 0.2) is 6.10 Å². The van der Waals surface area contributed by atoms with E-state index in [4.69, 9.17) is 4.74 Å². The summed E-state index contributed by atoms with van der Waals surface area (Å²) in [7, 11) is -2.27. The molecule has 7 nitrogen and oxygen atoms in total. The van der Waals surface area contributed by atoms with Crippen LogP contribution in [0.3, 0.4) is 0 Å². The van der Waals surface area contributed by atoms with Crippen molar-refractivity contribution in [2.24, 2.45) is 7.05 Å². The molecular weight excluding hydrogens is 402 g/mol. The van der Waals surface area contributed by atoms with Gasteiger partial charge < -0.3 is 4.74 Å². The van der Waals surface area contributed by atoms with Crippen LogP contribution in [-0.2, 0) is 26.6 Å². The average molecular weight is 428 g/mol. The number of nitrogens with zero attached hydrogens (tertiary/aromatic N) is 2. The summed E-state index contributed by atoms with van der Waals surface area (Å²) < 4.78 is 35.4. The molecule has 30 heavy (non-hydrogen) atoms. The molecule has 0 unspecified atom stereocenters. The molecule has 1 N–H and O–H groups in total. The fourth-order valence-corrected chi connectivity index (χ4v) is 4.92. The molecule has 8 heteroatoms. The molecule has 1 heterocycles. The highest BCUT2D eigenvalue weighted by Crippen LogP contribution is 2.26. The molecule has 0 saturated carbocycles. The molecule has 3 aromatic rings. The molecule has 0 aliphatic heterocycles. The number of sulfonamides is 1. The van der Waals surface area contributed by atoms with Crippen LogP contribution in [0.25, 0.3) is 0 Å². The van der Waals surface area contributed by atoms with Crippen molar-refractivity contribution in [1.82, 2.24) is 14.5 Å². The minimum absolute atomic E-state index is 0.0762. The standard InChI is InChI=1S/C22H25N3O4S/c1-15-21(17(3)25(4)23-15)30(27,28)24-16(2)22(26)29-20(18-11-7-5-8-12-18)19-13-9-6-10-14-19/h5-14,16,20,24H,1-4H3/t16-/m0/s1. The average Bonchev–Trinajstić information content (AvgIpc) is 2.99. The maximum Gasteiger partial charge on any atom is 0.324 e. The highest BCUT2D eigenvalue weighted by atomic mass is 32.2. The van der Waals surface area contributed by atoms with E-state index in [2.05, 4.69) is 9.82 Å². The molecule has 0 saturated heterocycles. The maximum absolute atomic E-state index is 12.9. The van der Waals surface area contributed by atoms with E-state index in [1.165, 1.54) is 11.6 Å². The molecule has 0 amide bonds. The number of ether oxygens (including phenoxy) is 1. The number of aryl methyl sites for hydroxylation is 2. The van der Waals surface area contributed by atoms with E-state index in [1.54, 1.807) is 20.9 Å². The first-order chi connectivity index (χ1) is 14.2. The molecule has 0 aliphatic rings. The lowest BCUT2D eigenvalue weighted by Gasteiger charge is -2.21. The van der Waals surface area contributed by atoms with Crippen molar-refractivity contribution in [3.8, 4) is 0 Å². The van der Waals surface area contributed by atoms with Gasteiger partial charge in [0.05, 0.1) is 11.4 Å². The molecule has 0 spiro atoms. The molecule has 158 valence electrons. The second kappa shape index (κ2) is 8.81. The number of carbonyl (C=O) groups is 1. The van der Waals surface area contributed by atoms with Crippen LogP contribution in [0.2, 0.25) is 0 Å². The Labute approximate surface area is 176 Å². The zero-order valence-corrected chi connectivity index (χ0v) is 18.2. The number of esters is 1. The maximum atomic E-state index is 12.9. The van der Waals surface area contributed by atoms with Gasteiger partial charge >= 0.3 is 5.97 Å². The van der Waals surface area contributed by atoms with Crippen LogP contribution in [0.15, 0.2) is 65.6 Å². The molecule has 2 aromatic carbocycles. The van der Waals surface area contributed by atoms with Gasteiger partial charge in [-0.2, -0.15) is 9.82 Å². The van der Waals surface area contributed by atoms with Crippen LogP contribution >= 0.6 is 0 Å². The molecule has 0 aliphatic carbocycles. The molecular formula is C22H25N3O4S. The lowest BCUT2D eigenvalue weighted by molar-refractivity contribution is -0.149. The summed E-state index contributed by atoms with van der Waals surface area (Å²) in [5.41, 5.74) is 2.46. The van der Waals surface area contributed by atoms with Gasteiger partial charge in [-0.25, -0.2) is 8.42 Å². The number of carbonyl (C=O) groups excluding carboxylic acids is 1. The van der Waals surface area contributed by atoms with Gasteiger partial charge in [-0.15, -0.1) is 0 Å². The number of hydrogen-bond acceptors (Lipinski definition) is 5. The summed E-state index contributed by atoms with van der Waals surface area (Å²) in [6.45, 7) is 4.75. The van der Waals surface area contributed by atoms with Gasteiger partial charge in [-0.1, -0.05) is 60.7 Å². The topological polar surface area (TPSA) is 90.3 Å². The third-order valence-electron chi connectivity index (χ3n) is 4.84. The van der Waals surface area contributed by atoms with Gasteiger partial charge in [-0.05, 0) is 31.9 Å². The van der Waals surface area contributed by atoms with Crippen molar-refractivity contribution in [3.63, 3.8) is 0 Å². The van der Waals surface area contributed by atoms with E-state index >= 15 is 0 Å². The van der Waals surface area contributed by atoms with Crippen molar-refractivity contribution < 1.29 is 17.9 Å². The summed E-state index contributed by atoms with van der Waals surface area (Å²) in [6, 6.07) is 17.6. The first-order valence-corrected chi connectivity index (χ1v) is 11.0. The number of aromatic nitrogens is 2. The van der Waals surface area contributed by atoms with Crippen molar-refractivity contribution >= 4 is 16.0 Å². The smallest absolute Gasteiger partial charge is 0.324 e. The monoisotopic (exact) mass is 427 g/mol. The van der Waals surface area contributed by atoms with Crippen molar-refractivity contribution in [3.05, 3.63) is 83.2 Å². The zero-order valence-electron chi connectivity index (χ0n) is 17.4. The quantitative estimate of drug-likeness (QED) is 0.586. The Balaban J connectivity index is 1.82. The number of rotatable bonds is 7. The lowest BCUT2D eigenvalue weighted by Crippen LogP contribution is -2.40.